The molecule has 2 rings (SSSR count). The van der Waals surface area contributed by atoms with Gasteiger partial charge in [-0.15, -0.1) is 0 Å². The minimum atomic E-state index is 0.596. The van der Waals surface area contributed by atoms with E-state index in [4.69, 9.17) is 0 Å². The Balaban J connectivity index is 1.75. The Labute approximate surface area is 99.0 Å². The Morgan fingerprint density at radius 3 is 2.88 bits per heavy atom. The molecule has 1 aromatic rings. The molecule has 1 heterocycles. The number of hydrogen-bond acceptors (Lipinski definition) is 1. The standard InChI is InChI=1S/C14H24N2/c1-4-7-16-8-5-6-13(16)11-15-10-12-9-14(12,2)3/h5-6,8,12,15H,4,7,9-11H2,1-3H3. The number of nitrogens with zero attached hydrogens (tertiary/aromatic N) is 1. The predicted molar refractivity (Wildman–Crippen MR) is 68.3 cm³/mol. The maximum Gasteiger partial charge on any atom is 0.0359 e. The van der Waals surface area contributed by atoms with Crippen molar-refractivity contribution in [1.29, 1.82) is 0 Å². The van der Waals surface area contributed by atoms with Crippen LogP contribution in [0.1, 0.15) is 39.3 Å². The molecule has 1 aliphatic carbocycles. The van der Waals surface area contributed by atoms with Crippen molar-refractivity contribution in [2.45, 2.75) is 46.7 Å². The van der Waals surface area contributed by atoms with Crippen molar-refractivity contribution < 1.29 is 0 Å². The molecule has 0 bridgehead atoms. The van der Waals surface area contributed by atoms with Gasteiger partial charge in [-0.1, -0.05) is 20.8 Å². The first-order valence-electron chi connectivity index (χ1n) is 6.48. The van der Waals surface area contributed by atoms with E-state index in [0.29, 0.717) is 5.41 Å². The highest BCUT2D eigenvalue weighted by atomic mass is 15.0. The van der Waals surface area contributed by atoms with Crippen LogP contribution in [-0.2, 0) is 13.1 Å². The molecule has 1 atom stereocenters. The molecule has 1 aliphatic rings. The summed E-state index contributed by atoms with van der Waals surface area (Å²) in [7, 11) is 0. The largest absolute Gasteiger partial charge is 0.350 e. The minimum absolute atomic E-state index is 0.596. The van der Waals surface area contributed by atoms with Gasteiger partial charge < -0.3 is 9.88 Å². The molecule has 16 heavy (non-hydrogen) atoms. The van der Waals surface area contributed by atoms with E-state index in [2.05, 4.69) is 49.0 Å². The van der Waals surface area contributed by atoms with E-state index in [1.54, 1.807) is 0 Å². The molecule has 1 saturated carbocycles. The molecule has 1 fully saturated rings. The van der Waals surface area contributed by atoms with Crippen LogP contribution in [0.3, 0.4) is 0 Å². The molecule has 0 aromatic carbocycles. The maximum atomic E-state index is 3.58. The second-order valence-corrected chi connectivity index (χ2v) is 5.71. The summed E-state index contributed by atoms with van der Waals surface area (Å²) in [5, 5.41) is 3.58. The zero-order valence-electron chi connectivity index (χ0n) is 10.8. The fraction of sp³-hybridized carbons (Fsp3) is 0.714. The highest BCUT2D eigenvalue weighted by Gasteiger charge is 2.44. The maximum absolute atomic E-state index is 3.58. The predicted octanol–water partition coefficient (Wildman–Crippen LogP) is 3.03. The molecule has 2 nitrogen and oxygen atoms in total. The summed E-state index contributed by atoms with van der Waals surface area (Å²) in [6, 6.07) is 4.37. The van der Waals surface area contributed by atoms with E-state index in [1.165, 1.54) is 25.1 Å². The fourth-order valence-electron chi connectivity index (χ4n) is 2.37. The molecule has 0 amide bonds. The van der Waals surface area contributed by atoms with Crippen LogP contribution >= 0.6 is 0 Å². The lowest BCUT2D eigenvalue weighted by Crippen LogP contribution is -2.20. The molecular weight excluding hydrogens is 196 g/mol. The number of aryl methyl sites for hydroxylation is 1. The van der Waals surface area contributed by atoms with E-state index in [0.717, 1.165) is 19.0 Å². The quantitative estimate of drug-likeness (QED) is 0.779. The average Bonchev–Trinajstić information content (AvgIpc) is 2.63. The van der Waals surface area contributed by atoms with Gasteiger partial charge in [0.25, 0.3) is 0 Å². The first-order chi connectivity index (χ1) is 7.63. The highest BCUT2D eigenvalue weighted by Crippen LogP contribution is 2.50. The van der Waals surface area contributed by atoms with Gasteiger partial charge in [-0.2, -0.15) is 0 Å². The summed E-state index contributed by atoms with van der Waals surface area (Å²) in [6.45, 7) is 10.3. The molecule has 1 unspecified atom stereocenters. The van der Waals surface area contributed by atoms with E-state index in [9.17, 15) is 0 Å². The molecular formula is C14H24N2. The lowest BCUT2D eigenvalue weighted by atomic mass is 10.1. The Hall–Kier alpha value is -0.760. The molecule has 0 radical (unpaired) electrons. The third-order valence-electron chi connectivity index (χ3n) is 3.80. The third kappa shape index (κ3) is 2.67. The van der Waals surface area contributed by atoms with Crippen molar-refractivity contribution in [3.8, 4) is 0 Å². The van der Waals surface area contributed by atoms with Gasteiger partial charge in [-0.05, 0) is 42.9 Å². The SMILES string of the molecule is CCCn1cccc1CNCC1CC1(C)C. The third-order valence-corrected chi connectivity index (χ3v) is 3.80. The van der Waals surface area contributed by atoms with Crippen molar-refractivity contribution >= 4 is 0 Å². The Bertz CT molecular complexity index is 338. The first kappa shape index (κ1) is 11.7. The summed E-state index contributed by atoms with van der Waals surface area (Å²) in [4.78, 5) is 0. The van der Waals surface area contributed by atoms with Gasteiger partial charge in [0, 0.05) is 25.0 Å². The van der Waals surface area contributed by atoms with Crippen LogP contribution in [0.4, 0.5) is 0 Å². The zero-order chi connectivity index (χ0) is 11.6. The number of hydrogen-bond donors (Lipinski definition) is 1. The van der Waals surface area contributed by atoms with Gasteiger partial charge in [-0.25, -0.2) is 0 Å². The Kier molecular flexibility index (Phi) is 3.38. The van der Waals surface area contributed by atoms with Crippen LogP contribution in [-0.4, -0.2) is 11.1 Å². The number of rotatable bonds is 6. The molecule has 1 aromatic heterocycles. The Morgan fingerprint density at radius 2 is 2.25 bits per heavy atom. The van der Waals surface area contributed by atoms with E-state index in [-0.39, 0.29) is 0 Å². The monoisotopic (exact) mass is 220 g/mol. The van der Waals surface area contributed by atoms with Crippen molar-refractivity contribution in [1.82, 2.24) is 9.88 Å². The summed E-state index contributed by atoms with van der Waals surface area (Å²) in [6.07, 6.45) is 4.77. The zero-order valence-corrected chi connectivity index (χ0v) is 10.8. The van der Waals surface area contributed by atoms with Crippen molar-refractivity contribution in [3.05, 3.63) is 24.0 Å². The summed E-state index contributed by atoms with van der Waals surface area (Å²) in [5.74, 6) is 0.891. The lowest BCUT2D eigenvalue weighted by molar-refractivity contribution is 0.510. The van der Waals surface area contributed by atoms with Gasteiger partial charge in [-0.3, -0.25) is 0 Å². The molecule has 0 spiro atoms. The smallest absolute Gasteiger partial charge is 0.0359 e. The molecule has 2 heteroatoms. The van der Waals surface area contributed by atoms with Gasteiger partial charge >= 0.3 is 0 Å². The molecule has 0 aliphatic heterocycles. The molecule has 0 saturated heterocycles. The van der Waals surface area contributed by atoms with Crippen LogP contribution in [0, 0.1) is 11.3 Å². The van der Waals surface area contributed by atoms with Crippen molar-refractivity contribution in [2.75, 3.05) is 6.54 Å². The lowest BCUT2D eigenvalue weighted by Gasteiger charge is -2.09. The van der Waals surface area contributed by atoms with Gasteiger partial charge in [0.1, 0.15) is 0 Å². The molecule has 90 valence electrons. The second kappa shape index (κ2) is 4.62. The topological polar surface area (TPSA) is 17.0 Å². The van der Waals surface area contributed by atoms with Crippen LogP contribution in [0.2, 0.25) is 0 Å². The number of aromatic nitrogens is 1. The number of nitrogens with one attached hydrogen (secondary N) is 1. The normalized spacial score (nSPS) is 22.3. The molecule has 1 N–H and O–H groups in total. The second-order valence-electron chi connectivity index (χ2n) is 5.71. The minimum Gasteiger partial charge on any atom is -0.350 e. The van der Waals surface area contributed by atoms with E-state index in [1.807, 2.05) is 0 Å². The average molecular weight is 220 g/mol. The fourth-order valence-corrected chi connectivity index (χ4v) is 2.37. The summed E-state index contributed by atoms with van der Waals surface area (Å²) in [5.41, 5.74) is 2.01. The van der Waals surface area contributed by atoms with Crippen LogP contribution < -0.4 is 5.32 Å². The van der Waals surface area contributed by atoms with E-state index >= 15 is 0 Å². The van der Waals surface area contributed by atoms with Crippen LogP contribution in [0.25, 0.3) is 0 Å². The van der Waals surface area contributed by atoms with Crippen molar-refractivity contribution in [2.24, 2.45) is 11.3 Å². The summed E-state index contributed by atoms with van der Waals surface area (Å²) < 4.78 is 2.35. The van der Waals surface area contributed by atoms with Crippen molar-refractivity contribution in [3.63, 3.8) is 0 Å². The summed E-state index contributed by atoms with van der Waals surface area (Å²) >= 11 is 0. The Morgan fingerprint density at radius 1 is 1.50 bits per heavy atom. The van der Waals surface area contributed by atoms with Crippen LogP contribution in [0.5, 0.6) is 0 Å². The highest BCUT2D eigenvalue weighted by molar-refractivity contribution is 5.07. The first-order valence-corrected chi connectivity index (χ1v) is 6.48. The van der Waals surface area contributed by atoms with Gasteiger partial charge in [0.2, 0.25) is 0 Å². The van der Waals surface area contributed by atoms with Gasteiger partial charge in [0.05, 0.1) is 0 Å². The van der Waals surface area contributed by atoms with Crippen LogP contribution in [0.15, 0.2) is 18.3 Å². The van der Waals surface area contributed by atoms with E-state index < -0.39 is 0 Å². The van der Waals surface area contributed by atoms with Gasteiger partial charge in [0.15, 0.2) is 0 Å².